The molecule has 0 aliphatic heterocycles. The number of allylic oxidation sites excluding steroid dienone is 1. The van der Waals surface area contributed by atoms with Crippen LogP contribution < -0.4 is 0 Å². The van der Waals surface area contributed by atoms with Gasteiger partial charge in [0.15, 0.2) is 5.78 Å². The predicted molar refractivity (Wildman–Crippen MR) is 83.7 cm³/mol. The van der Waals surface area contributed by atoms with Gasteiger partial charge in [0.1, 0.15) is 0 Å². The highest BCUT2D eigenvalue weighted by Gasteiger charge is 2.00. The monoisotopic (exact) mass is 348 g/mol. The molecular weight excluding hydrogens is 335 g/mol. The topological polar surface area (TPSA) is 17.1 Å². The second-order valence-corrected chi connectivity index (χ2v) is 5.36. The smallest absolute Gasteiger partial charge is 0.185 e. The van der Waals surface area contributed by atoms with Crippen LogP contribution in [0.1, 0.15) is 21.5 Å². The highest BCUT2D eigenvalue weighted by molar-refractivity contribution is 14.1. The van der Waals surface area contributed by atoms with Crippen LogP contribution in [0.15, 0.2) is 54.6 Å². The first-order valence-electron chi connectivity index (χ1n) is 5.70. The van der Waals surface area contributed by atoms with Crippen LogP contribution in [0.25, 0.3) is 6.08 Å². The van der Waals surface area contributed by atoms with Gasteiger partial charge in [-0.05, 0) is 53.3 Å². The Labute approximate surface area is 121 Å². The first kappa shape index (κ1) is 13.0. The van der Waals surface area contributed by atoms with Gasteiger partial charge in [0.25, 0.3) is 0 Å². The fourth-order valence-corrected chi connectivity index (χ4v) is 2.02. The molecule has 0 amide bonds. The molecule has 1 nitrogen and oxygen atoms in total. The molecule has 0 aromatic heterocycles. The number of ketones is 1. The van der Waals surface area contributed by atoms with Gasteiger partial charge in [-0.1, -0.05) is 48.0 Å². The Hall–Kier alpha value is -1.42. The lowest BCUT2D eigenvalue weighted by atomic mass is 10.1. The van der Waals surface area contributed by atoms with Crippen LogP contribution in [-0.2, 0) is 0 Å². The molecule has 0 unspecified atom stereocenters. The predicted octanol–water partition coefficient (Wildman–Crippen LogP) is 4.50. The Morgan fingerprint density at radius 2 is 1.83 bits per heavy atom. The quantitative estimate of drug-likeness (QED) is 0.454. The maximum Gasteiger partial charge on any atom is 0.185 e. The lowest BCUT2D eigenvalue weighted by Gasteiger charge is -1.97. The average molecular weight is 348 g/mol. The van der Waals surface area contributed by atoms with E-state index in [9.17, 15) is 4.79 Å². The molecule has 2 heteroatoms. The summed E-state index contributed by atoms with van der Waals surface area (Å²) in [7, 11) is 0. The number of hydrogen-bond donors (Lipinski definition) is 0. The van der Waals surface area contributed by atoms with E-state index < -0.39 is 0 Å². The molecule has 0 aliphatic rings. The zero-order valence-corrected chi connectivity index (χ0v) is 12.2. The van der Waals surface area contributed by atoms with E-state index in [4.69, 9.17) is 0 Å². The van der Waals surface area contributed by atoms with Crippen molar-refractivity contribution in [2.24, 2.45) is 0 Å². The SMILES string of the molecule is Cc1cccc(C=CC(=O)c2ccc(I)cc2)c1. The van der Waals surface area contributed by atoms with E-state index in [1.54, 1.807) is 6.08 Å². The van der Waals surface area contributed by atoms with E-state index in [0.29, 0.717) is 0 Å². The number of hydrogen-bond acceptors (Lipinski definition) is 1. The number of carbonyl (C=O) groups excluding carboxylic acids is 1. The van der Waals surface area contributed by atoms with Crippen LogP contribution in [0.2, 0.25) is 0 Å². The Balaban J connectivity index is 2.14. The molecule has 18 heavy (non-hydrogen) atoms. The molecule has 0 bridgehead atoms. The zero-order chi connectivity index (χ0) is 13.0. The fraction of sp³-hybridized carbons (Fsp3) is 0.0625. The molecule has 90 valence electrons. The van der Waals surface area contributed by atoms with Gasteiger partial charge in [-0.2, -0.15) is 0 Å². The molecule has 0 atom stereocenters. The van der Waals surface area contributed by atoms with Crippen LogP contribution in [0.4, 0.5) is 0 Å². The number of rotatable bonds is 3. The maximum absolute atomic E-state index is 11.9. The molecule has 0 spiro atoms. The molecule has 0 saturated carbocycles. The summed E-state index contributed by atoms with van der Waals surface area (Å²) in [6.07, 6.45) is 3.48. The van der Waals surface area contributed by atoms with E-state index in [-0.39, 0.29) is 5.78 Å². The first-order valence-corrected chi connectivity index (χ1v) is 6.78. The third kappa shape index (κ3) is 3.53. The van der Waals surface area contributed by atoms with Crippen molar-refractivity contribution in [2.45, 2.75) is 6.92 Å². The van der Waals surface area contributed by atoms with Gasteiger partial charge in [0.05, 0.1) is 0 Å². The maximum atomic E-state index is 11.9. The van der Waals surface area contributed by atoms with Crippen molar-refractivity contribution in [1.82, 2.24) is 0 Å². The van der Waals surface area contributed by atoms with Crippen molar-refractivity contribution < 1.29 is 4.79 Å². The molecule has 0 radical (unpaired) electrons. The summed E-state index contributed by atoms with van der Waals surface area (Å²) in [5.74, 6) is 0.0351. The lowest BCUT2D eigenvalue weighted by molar-refractivity contribution is 0.104. The molecule has 2 aromatic rings. The van der Waals surface area contributed by atoms with Crippen LogP contribution in [-0.4, -0.2) is 5.78 Å². The van der Waals surface area contributed by atoms with Gasteiger partial charge in [0, 0.05) is 9.13 Å². The van der Waals surface area contributed by atoms with E-state index >= 15 is 0 Å². The van der Waals surface area contributed by atoms with Crippen molar-refractivity contribution in [3.63, 3.8) is 0 Å². The summed E-state index contributed by atoms with van der Waals surface area (Å²) in [5, 5.41) is 0. The minimum atomic E-state index is 0.0351. The highest BCUT2D eigenvalue weighted by Crippen LogP contribution is 2.10. The first-order chi connectivity index (χ1) is 8.65. The van der Waals surface area contributed by atoms with Gasteiger partial charge in [-0.25, -0.2) is 0 Å². The summed E-state index contributed by atoms with van der Waals surface area (Å²) in [4.78, 5) is 11.9. The lowest BCUT2D eigenvalue weighted by Crippen LogP contribution is -1.93. The Morgan fingerprint density at radius 3 is 2.50 bits per heavy atom. The molecule has 0 fully saturated rings. The van der Waals surface area contributed by atoms with Crippen molar-refractivity contribution >= 4 is 34.5 Å². The minimum absolute atomic E-state index is 0.0351. The molecule has 0 aliphatic carbocycles. The van der Waals surface area contributed by atoms with Crippen molar-refractivity contribution in [3.05, 3.63) is 74.9 Å². The average Bonchev–Trinajstić information content (AvgIpc) is 2.37. The number of carbonyl (C=O) groups is 1. The van der Waals surface area contributed by atoms with Gasteiger partial charge in [-0.15, -0.1) is 0 Å². The molecule has 0 saturated heterocycles. The van der Waals surface area contributed by atoms with Crippen LogP contribution in [0.5, 0.6) is 0 Å². The molecule has 2 aromatic carbocycles. The zero-order valence-electron chi connectivity index (χ0n) is 10.1. The van der Waals surface area contributed by atoms with E-state index in [0.717, 1.165) is 14.7 Å². The van der Waals surface area contributed by atoms with E-state index in [1.807, 2.05) is 55.5 Å². The minimum Gasteiger partial charge on any atom is -0.289 e. The fourth-order valence-electron chi connectivity index (χ4n) is 1.66. The summed E-state index contributed by atoms with van der Waals surface area (Å²) in [6, 6.07) is 15.7. The van der Waals surface area contributed by atoms with E-state index in [1.165, 1.54) is 5.56 Å². The molecule has 0 heterocycles. The number of halogens is 1. The Bertz CT molecular complexity index is 582. The normalized spacial score (nSPS) is 10.8. The summed E-state index contributed by atoms with van der Waals surface area (Å²) < 4.78 is 1.13. The number of benzene rings is 2. The molecule has 2 rings (SSSR count). The van der Waals surface area contributed by atoms with Crippen molar-refractivity contribution in [1.29, 1.82) is 0 Å². The standard InChI is InChI=1S/C16H13IO/c1-12-3-2-4-13(11-12)5-10-16(18)14-6-8-15(17)9-7-14/h2-11H,1H3. The second-order valence-electron chi connectivity index (χ2n) is 4.12. The Morgan fingerprint density at radius 1 is 1.11 bits per heavy atom. The van der Waals surface area contributed by atoms with Gasteiger partial charge >= 0.3 is 0 Å². The summed E-state index contributed by atoms with van der Waals surface area (Å²) >= 11 is 2.22. The van der Waals surface area contributed by atoms with Gasteiger partial charge < -0.3 is 0 Å². The molecular formula is C16H13IO. The Kier molecular flexibility index (Phi) is 4.31. The van der Waals surface area contributed by atoms with Crippen LogP contribution in [0, 0.1) is 10.5 Å². The van der Waals surface area contributed by atoms with Crippen molar-refractivity contribution in [2.75, 3.05) is 0 Å². The van der Waals surface area contributed by atoms with Crippen LogP contribution in [0.3, 0.4) is 0 Å². The molecule has 0 N–H and O–H groups in total. The third-order valence-electron chi connectivity index (χ3n) is 2.60. The van der Waals surface area contributed by atoms with Crippen molar-refractivity contribution in [3.8, 4) is 0 Å². The van der Waals surface area contributed by atoms with E-state index in [2.05, 4.69) is 28.7 Å². The van der Waals surface area contributed by atoms with Crippen LogP contribution >= 0.6 is 22.6 Å². The third-order valence-corrected chi connectivity index (χ3v) is 3.32. The largest absolute Gasteiger partial charge is 0.289 e. The second kappa shape index (κ2) is 5.96. The van der Waals surface area contributed by atoms with Gasteiger partial charge in [0.2, 0.25) is 0 Å². The van der Waals surface area contributed by atoms with Gasteiger partial charge in [-0.3, -0.25) is 4.79 Å². The summed E-state index contributed by atoms with van der Waals surface area (Å²) in [6.45, 7) is 2.04. The summed E-state index contributed by atoms with van der Waals surface area (Å²) in [5.41, 5.74) is 2.96. The highest BCUT2D eigenvalue weighted by atomic mass is 127. The number of aryl methyl sites for hydroxylation is 1.